The molecule has 0 aliphatic rings. The molecule has 4 nitrogen and oxygen atoms in total. The Hall–Kier alpha value is -1.19. The molecule has 0 aromatic rings. The third-order valence-electron chi connectivity index (χ3n) is 1.34. The van der Waals surface area contributed by atoms with Gasteiger partial charge in [0.2, 0.25) is 0 Å². The highest BCUT2D eigenvalue weighted by atomic mass is 16.5. The first kappa shape index (κ1) is 10.8. The van der Waals surface area contributed by atoms with Gasteiger partial charge in [-0.3, -0.25) is 9.59 Å². The average molecular weight is 172 g/mol. The quantitative estimate of drug-likeness (QED) is 0.341. The molecule has 0 bridgehead atoms. The molecule has 0 fully saturated rings. The number of ether oxygens (including phenoxy) is 1. The van der Waals surface area contributed by atoms with Crippen molar-refractivity contribution in [3.63, 3.8) is 0 Å². The van der Waals surface area contributed by atoms with E-state index in [1.165, 1.54) is 6.92 Å². The molecule has 0 aromatic carbocycles. The molecule has 0 aliphatic heterocycles. The van der Waals surface area contributed by atoms with Gasteiger partial charge < -0.3 is 9.53 Å². The second kappa shape index (κ2) is 5.46. The first-order chi connectivity index (χ1) is 5.61. The van der Waals surface area contributed by atoms with E-state index in [9.17, 15) is 14.4 Å². The summed E-state index contributed by atoms with van der Waals surface area (Å²) >= 11 is 0. The van der Waals surface area contributed by atoms with E-state index < -0.39 is 17.7 Å². The number of hydrogen-bond donors (Lipinski definition) is 0. The molecule has 12 heavy (non-hydrogen) atoms. The van der Waals surface area contributed by atoms with Crippen LogP contribution < -0.4 is 0 Å². The van der Waals surface area contributed by atoms with Crippen LogP contribution in [0.2, 0.25) is 0 Å². The predicted molar refractivity (Wildman–Crippen MR) is 41.5 cm³/mol. The van der Waals surface area contributed by atoms with Gasteiger partial charge in [0.25, 0.3) is 0 Å². The molecule has 0 heterocycles. The lowest BCUT2D eigenvalue weighted by molar-refractivity contribution is -0.146. The Morgan fingerprint density at radius 3 is 2.50 bits per heavy atom. The summed E-state index contributed by atoms with van der Waals surface area (Å²) in [4.78, 5) is 31.8. The van der Waals surface area contributed by atoms with Gasteiger partial charge in [-0.1, -0.05) is 0 Å². The monoisotopic (exact) mass is 172 g/mol. The van der Waals surface area contributed by atoms with Gasteiger partial charge in [-0.2, -0.15) is 0 Å². The number of carbonyl (C=O) groups is 3. The fraction of sp³-hybridized carbons (Fsp3) is 0.625. The topological polar surface area (TPSA) is 60.4 Å². The molecule has 0 radical (unpaired) electrons. The average Bonchev–Trinajstić information content (AvgIpc) is 2.03. The maximum Gasteiger partial charge on any atom is 0.313 e. The number of rotatable bonds is 5. The van der Waals surface area contributed by atoms with Gasteiger partial charge >= 0.3 is 5.97 Å². The fourth-order valence-corrected chi connectivity index (χ4v) is 0.591. The van der Waals surface area contributed by atoms with Crippen LogP contribution >= 0.6 is 0 Å². The zero-order chi connectivity index (χ0) is 9.56. The molecule has 0 aliphatic carbocycles. The molecule has 0 spiro atoms. The molecule has 1 atom stereocenters. The van der Waals surface area contributed by atoms with Crippen molar-refractivity contribution in [2.45, 2.75) is 20.3 Å². The highest BCUT2D eigenvalue weighted by Crippen LogP contribution is 1.98. The molecule has 0 rings (SSSR count). The highest BCUT2D eigenvalue weighted by molar-refractivity contribution is 6.02. The Balaban J connectivity index is 3.83. The van der Waals surface area contributed by atoms with Crippen LogP contribution in [0.3, 0.4) is 0 Å². The molecular formula is C8H12O4. The van der Waals surface area contributed by atoms with Crippen molar-refractivity contribution in [1.29, 1.82) is 0 Å². The van der Waals surface area contributed by atoms with Gasteiger partial charge in [-0.25, -0.2) is 0 Å². The summed E-state index contributed by atoms with van der Waals surface area (Å²) in [6.45, 7) is 3.36. The van der Waals surface area contributed by atoms with Gasteiger partial charge in [-0.05, 0) is 13.8 Å². The van der Waals surface area contributed by atoms with E-state index in [0.717, 1.165) is 0 Å². The summed E-state index contributed by atoms with van der Waals surface area (Å²) in [5, 5.41) is 0. The summed E-state index contributed by atoms with van der Waals surface area (Å²) < 4.78 is 4.53. The van der Waals surface area contributed by atoms with Gasteiger partial charge in [0.1, 0.15) is 12.7 Å². The van der Waals surface area contributed by atoms with Crippen LogP contribution in [0.5, 0.6) is 0 Å². The largest absolute Gasteiger partial charge is 0.466 e. The third kappa shape index (κ3) is 3.85. The molecular weight excluding hydrogens is 160 g/mol. The van der Waals surface area contributed by atoms with E-state index in [4.69, 9.17) is 0 Å². The van der Waals surface area contributed by atoms with Gasteiger partial charge in [0.05, 0.1) is 12.5 Å². The normalized spacial score (nSPS) is 11.8. The fourth-order valence-electron chi connectivity index (χ4n) is 0.591. The second-order valence-electron chi connectivity index (χ2n) is 2.37. The molecule has 0 aromatic heterocycles. The van der Waals surface area contributed by atoms with Crippen molar-refractivity contribution in [2.75, 3.05) is 6.61 Å². The second-order valence-corrected chi connectivity index (χ2v) is 2.37. The summed E-state index contributed by atoms with van der Waals surface area (Å²) in [5.74, 6) is -1.69. The Bertz CT molecular complexity index is 185. The molecule has 1 unspecified atom stereocenters. The van der Waals surface area contributed by atoms with Crippen molar-refractivity contribution in [3.8, 4) is 0 Å². The lowest BCUT2D eigenvalue weighted by Crippen LogP contribution is -2.18. The Morgan fingerprint density at radius 1 is 1.50 bits per heavy atom. The third-order valence-corrected chi connectivity index (χ3v) is 1.34. The van der Waals surface area contributed by atoms with E-state index >= 15 is 0 Å². The van der Waals surface area contributed by atoms with Gasteiger partial charge in [0, 0.05) is 0 Å². The molecule has 0 saturated heterocycles. The van der Waals surface area contributed by atoms with Crippen molar-refractivity contribution in [3.05, 3.63) is 0 Å². The summed E-state index contributed by atoms with van der Waals surface area (Å²) in [7, 11) is 0. The number of ketones is 1. The number of hydrogen-bond acceptors (Lipinski definition) is 4. The standard InChI is InChI=1S/C8H12O4/c1-3-12-8(11)4-7(10)6(2)5-9/h5-6H,3-4H2,1-2H3. The van der Waals surface area contributed by atoms with E-state index in [1.807, 2.05) is 0 Å². The van der Waals surface area contributed by atoms with Crippen LogP contribution in [0, 0.1) is 5.92 Å². The molecule has 4 heteroatoms. The van der Waals surface area contributed by atoms with Crippen LogP contribution in [0.4, 0.5) is 0 Å². The van der Waals surface area contributed by atoms with E-state index in [1.54, 1.807) is 6.92 Å². The van der Waals surface area contributed by atoms with Crippen molar-refractivity contribution in [2.24, 2.45) is 5.92 Å². The summed E-state index contributed by atoms with van der Waals surface area (Å²) in [6.07, 6.45) is 0.204. The molecule has 68 valence electrons. The first-order valence-electron chi connectivity index (χ1n) is 3.75. The zero-order valence-electron chi connectivity index (χ0n) is 7.20. The van der Waals surface area contributed by atoms with E-state index in [2.05, 4.69) is 4.74 Å². The van der Waals surface area contributed by atoms with Crippen LogP contribution in [0.25, 0.3) is 0 Å². The first-order valence-corrected chi connectivity index (χ1v) is 3.75. The van der Waals surface area contributed by atoms with Crippen molar-refractivity contribution < 1.29 is 19.1 Å². The Kier molecular flexibility index (Phi) is 4.92. The Labute approximate surface area is 70.9 Å². The van der Waals surface area contributed by atoms with Crippen LogP contribution in [-0.4, -0.2) is 24.6 Å². The van der Waals surface area contributed by atoms with Crippen molar-refractivity contribution >= 4 is 18.0 Å². The lowest BCUT2D eigenvalue weighted by atomic mass is 10.1. The Morgan fingerprint density at radius 2 is 2.08 bits per heavy atom. The summed E-state index contributed by atoms with van der Waals surface area (Å²) in [5.41, 5.74) is 0. The maximum absolute atomic E-state index is 10.9. The van der Waals surface area contributed by atoms with Crippen LogP contribution in [0.1, 0.15) is 20.3 Å². The molecule has 0 amide bonds. The minimum absolute atomic E-state index is 0.252. The van der Waals surface area contributed by atoms with Crippen LogP contribution in [0.15, 0.2) is 0 Å². The number of Topliss-reactive ketones (excluding diaryl/α,β-unsaturated/α-hetero) is 1. The number of esters is 1. The maximum atomic E-state index is 10.9. The minimum atomic E-state index is -0.714. The summed E-state index contributed by atoms with van der Waals surface area (Å²) in [6, 6.07) is 0. The smallest absolute Gasteiger partial charge is 0.313 e. The lowest BCUT2D eigenvalue weighted by Gasteiger charge is -2.02. The number of aldehydes is 1. The highest BCUT2D eigenvalue weighted by Gasteiger charge is 2.16. The van der Waals surface area contributed by atoms with Gasteiger partial charge in [-0.15, -0.1) is 0 Å². The SMILES string of the molecule is CCOC(=O)CC(=O)C(C)C=O. The van der Waals surface area contributed by atoms with E-state index in [-0.39, 0.29) is 13.0 Å². The van der Waals surface area contributed by atoms with Crippen molar-refractivity contribution in [1.82, 2.24) is 0 Å². The molecule has 0 saturated carbocycles. The molecule has 0 N–H and O–H groups in total. The van der Waals surface area contributed by atoms with Gasteiger partial charge in [0.15, 0.2) is 5.78 Å². The number of carbonyl (C=O) groups excluding carboxylic acids is 3. The van der Waals surface area contributed by atoms with Crippen LogP contribution in [-0.2, 0) is 19.1 Å². The predicted octanol–water partition coefficient (Wildman–Crippen LogP) is 0.344. The minimum Gasteiger partial charge on any atom is -0.466 e. The zero-order valence-corrected chi connectivity index (χ0v) is 7.20. The van der Waals surface area contributed by atoms with E-state index in [0.29, 0.717) is 6.29 Å².